The van der Waals surface area contributed by atoms with Crippen LogP contribution in [0.1, 0.15) is 51.4 Å². The summed E-state index contributed by atoms with van der Waals surface area (Å²) in [7, 11) is 0. The van der Waals surface area contributed by atoms with Gasteiger partial charge in [-0.15, -0.1) is 0 Å². The predicted octanol–water partition coefficient (Wildman–Crippen LogP) is 3.78. The van der Waals surface area contributed by atoms with Gasteiger partial charge in [-0.1, -0.05) is 0 Å². The maximum Gasteiger partial charge on any atom is -0.0386 e. The fraction of sp³-hybridized carbons (Fsp3) is 0.833. The molecule has 68 valence electrons. The van der Waals surface area contributed by atoms with Crippen molar-refractivity contribution >= 4 is 0 Å². The van der Waals surface area contributed by atoms with Crippen LogP contribution in [0.4, 0.5) is 0 Å². The molecule has 0 amide bonds. The second kappa shape index (κ2) is 4.30. The normalized spacial score (nSPS) is 29.0. The van der Waals surface area contributed by atoms with Crippen LogP contribution in [0.25, 0.3) is 0 Å². The monoisotopic (exact) mass is 164 g/mol. The zero-order valence-electron chi connectivity index (χ0n) is 7.97. The summed E-state index contributed by atoms with van der Waals surface area (Å²) >= 11 is 0. The molecule has 0 nitrogen and oxygen atoms in total. The van der Waals surface area contributed by atoms with Crippen molar-refractivity contribution in [1.82, 2.24) is 0 Å². The fourth-order valence-corrected chi connectivity index (χ4v) is 2.85. The second-order valence-electron chi connectivity index (χ2n) is 4.41. The van der Waals surface area contributed by atoms with E-state index in [4.69, 9.17) is 0 Å². The van der Waals surface area contributed by atoms with E-state index in [0.717, 1.165) is 11.8 Å². The average Bonchev–Trinajstić information content (AvgIpc) is 2.21. The lowest BCUT2D eigenvalue weighted by atomic mass is 9.73. The van der Waals surface area contributed by atoms with Gasteiger partial charge >= 0.3 is 0 Å². The summed E-state index contributed by atoms with van der Waals surface area (Å²) in [4.78, 5) is 0. The van der Waals surface area contributed by atoms with Crippen molar-refractivity contribution < 1.29 is 0 Å². The van der Waals surface area contributed by atoms with Gasteiger partial charge in [0.05, 0.1) is 0 Å². The summed E-state index contributed by atoms with van der Waals surface area (Å²) in [5.74, 6) is 2.17. The SMILES string of the molecule is [CH]1CCC(C2CC[CH]CC2)CC1. The van der Waals surface area contributed by atoms with Crippen LogP contribution in [0.3, 0.4) is 0 Å². The van der Waals surface area contributed by atoms with Crippen molar-refractivity contribution in [1.29, 1.82) is 0 Å². The van der Waals surface area contributed by atoms with Gasteiger partial charge in [-0.2, -0.15) is 0 Å². The highest BCUT2D eigenvalue weighted by Gasteiger charge is 2.24. The van der Waals surface area contributed by atoms with E-state index in [9.17, 15) is 0 Å². The molecule has 0 saturated heterocycles. The van der Waals surface area contributed by atoms with Crippen molar-refractivity contribution in [2.75, 3.05) is 0 Å². The van der Waals surface area contributed by atoms with E-state index in [1.54, 1.807) is 0 Å². The standard InChI is InChI=1S/C12H20/c1-3-7-11(8-4-1)12-9-5-2-6-10-12/h1-2,11-12H,3-10H2. The predicted molar refractivity (Wildman–Crippen MR) is 52.5 cm³/mol. The lowest BCUT2D eigenvalue weighted by Gasteiger charge is -2.32. The Morgan fingerprint density at radius 2 is 0.917 bits per heavy atom. The molecule has 12 heavy (non-hydrogen) atoms. The van der Waals surface area contributed by atoms with E-state index in [-0.39, 0.29) is 0 Å². The summed E-state index contributed by atoms with van der Waals surface area (Å²) in [6, 6.07) is 0. The molecule has 0 aromatic heterocycles. The minimum Gasteiger partial charge on any atom is -0.0499 e. The first-order valence-corrected chi connectivity index (χ1v) is 5.60. The maximum atomic E-state index is 2.48. The molecule has 0 aromatic carbocycles. The first-order chi connectivity index (χ1) is 5.97. The summed E-state index contributed by atoms with van der Waals surface area (Å²) in [6.07, 6.45) is 16.5. The molecule has 0 spiro atoms. The van der Waals surface area contributed by atoms with Crippen molar-refractivity contribution in [3.05, 3.63) is 12.8 Å². The average molecular weight is 164 g/mol. The fourth-order valence-electron chi connectivity index (χ4n) is 2.85. The molecule has 0 aromatic rings. The number of hydrogen-bond donors (Lipinski definition) is 0. The Bertz CT molecular complexity index is 100. The van der Waals surface area contributed by atoms with Crippen LogP contribution in [-0.4, -0.2) is 0 Å². The second-order valence-corrected chi connectivity index (χ2v) is 4.41. The highest BCUT2D eigenvalue weighted by molar-refractivity contribution is 4.85. The largest absolute Gasteiger partial charge is 0.0499 e. The number of hydrogen-bond acceptors (Lipinski definition) is 0. The first-order valence-electron chi connectivity index (χ1n) is 5.60. The molecule has 2 rings (SSSR count). The van der Waals surface area contributed by atoms with Crippen molar-refractivity contribution in [2.45, 2.75) is 51.4 Å². The Morgan fingerprint density at radius 1 is 0.583 bits per heavy atom. The Balaban J connectivity index is 1.80. The third-order valence-corrected chi connectivity index (χ3v) is 3.63. The maximum absolute atomic E-state index is 2.48. The minimum absolute atomic E-state index is 1.09. The van der Waals surface area contributed by atoms with Crippen LogP contribution in [0.5, 0.6) is 0 Å². The Kier molecular flexibility index (Phi) is 3.08. The van der Waals surface area contributed by atoms with Gasteiger partial charge < -0.3 is 0 Å². The molecule has 0 atom stereocenters. The van der Waals surface area contributed by atoms with Crippen LogP contribution < -0.4 is 0 Å². The highest BCUT2D eigenvalue weighted by Crippen LogP contribution is 2.37. The van der Waals surface area contributed by atoms with E-state index in [1.165, 1.54) is 51.4 Å². The highest BCUT2D eigenvalue weighted by atomic mass is 14.3. The Morgan fingerprint density at radius 3 is 1.25 bits per heavy atom. The van der Waals surface area contributed by atoms with Gasteiger partial charge in [0.2, 0.25) is 0 Å². The van der Waals surface area contributed by atoms with E-state index in [1.807, 2.05) is 0 Å². The molecule has 0 unspecified atom stereocenters. The van der Waals surface area contributed by atoms with E-state index in [0.29, 0.717) is 0 Å². The van der Waals surface area contributed by atoms with Gasteiger partial charge in [0.15, 0.2) is 0 Å². The molecule has 2 aliphatic rings. The van der Waals surface area contributed by atoms with E-state index < -0.39 is 0 Å². The lowest BCUT2D eigenvalue weighted by molar-refractivity contribution is 0.227. The van der Waals surface area contributed by atoms with Crippen LogP contribution >= 0.6 is 0 Å². The smallest absolute Gasteiger partial charge is 0.0386 e. The van der Waals surface area contributed by atoms with Gasteiger partial charge in [-0.25, -0.2) is 0 Å². The first kappa shape index (κ1) is 8.59. The third kappa shape index (κ3) is 2.02. The van der Waals surface area contributed by atoms with Gasteiger partial charge in [0, 0.05) is 0 Å². The molecular formula is C12H20. The van der Waals surface area contributed by atoms with Crippen molar-refractivity contribution in [2.24, 2.45) is 11.8 Å². The van der Waals surface area contributed by atoms with Crippen LogP contribution in [0, 0.1) is 24.7 Å². The zero-order chi connectivity index (χ0) is 8.23. The quantitative estimate of drug-likeness (QED) is 0.553. The molecule has 0 aliphatic heterocycles. The topological polar surface area (TPSA) is 0 Å². The van der Waals surface area contributed by atoms with Gasteiger partial charge in [0.1, 0.15) is 0 Å². The summed E-state index contributed by atoms with van der Waals surface area (Å²) in [5, 5.41) is 0. The molecule has 0 heteroatoms. The molecule has 0 bridgehead atoms. The third-order valence-electron chi connectivity index (χ3n) is 3.63. The molecule has 2 saturated carbocycles. The number of rotatable bonds is 1. The van der Waals surface area contributed by atoms with E-state index >= 15 is 0 Å². The van der Waals surface area contributed by atoms with Gasteiger partial charge in [-0.3, -0.25) is 0 Å². The van der Waals surface area contributed by atoms with Crippen LogP contribution in [0.15, 0.2) is 0 Å². The van der Waals surface area contributed by atoms with E-state index in [2.05, 4.69) is 12.8 Å². The molecule has 2 fully saturated rings. The summed E-state index contributed by atoms with van der Waals surface area (Å²) in [5.41, 5.74) is 0. The molecule has 2 radical (unpaired) electrons. The Hall–Kier alpha value is 0. The van der Waals surface area contributed by atoms with Crippen LogP contribution in [0.2, 0.25) is 0 Å². The summed E-state index contributed by atoms with van der Waals surface area (Å²) in [6.45, 7) is 0. The molecule has 0 heterocycles. The van der Waals surface area contributed by atoms with Crippen LogP contribution in [-0.2, 0) is 0 Å². The zero-order valence-corrected chi connectivity index (χ0v) is 7.97. The minimum atomic E-state index is 1.09. The van der Waals surface area contributed by atoms with Gasteiger partial charge in [0.25, 0.3) is 0 Å². The van der Waals surface area contributed by atoms with Crippen molar-refractivity contribution in [3.8, 4) is 0 Å². The summed E-state index contributed by atoms with van der Waals surface area (Å²) < 4.78 is 0. The van der Waals surface area contributed by atoms with Gasteiger partial charge in [-0.05, 0) is 76.0 Å². The lowest BCUT2D eigenvalue weighted by Crippen LogP contribution is -2.20. The molecule has 2 aliphatic carbocycles. The molecule has 0 N–H and O–H groups in total. The van der Waals surface area contributed by atoms with Crippen molar-refractivity contribution in [3.63, 3.8) is 0 Å². The molecular weight excluding hydrogens is 144 g/mol. The Labute approximate surface area is 76.7 Å².